The average molecular weight is 518 g/mol. The molecule has 3 aromatic rings. The Hall–Kier alpha value is -3.58. The van der Waals surface area contributed by atoms with Gasteiger partial charge < -0.3 is 19.4 Å². The molecule has 2 amide bonds. The van der Waals surface area contributed by atoms with E-state index in [-0.39, 0.29) is 12.4 Å². The number of urea groups is 1. The number of pyridine rings is 1. The molecule has 0 aliphatic carbocycles. The first-order chi connectivity index (χ1) is 16.8. The van der Waals surface area contributed by atoms with Crippen LogP contribution < -0.4 is 10.1 Å². The number of alkyl halides is 6. The highest BCUT2D eigenvalue weighted by atomic mass is 19.4. The summed E-state index contributed by atoms with van der Waals surface area (Å²) in [6.07, 6.45) is -6.39. The van der Waals surface area contributed by atoms with Crippen LogP contribution in [0.1, 0.15) is 38.4 Å². The van der Waals surface area contributed by atoms with Crippen LogP contribution >= 0.6 is 0 Å². The van der Waals surface area contributed by atoms with Crippen LogP contribution in [0.2, 0.25) is 0 Å². The third-order valence-corrected chi connectivity index (χ3v) is 5.52. The minimum atomic E-state index is -5.04. The number of carbonyl (C=O) groups excluding carboxylic acids is 1. The van der Waals surface area contributed by atoms with Gasteiger partial charge in [-0.2, -0.15) is 26.3 Å². The molecular formula is C22H24F6N6O2. The van der Waals surface area contributed by atoms with Crippen molar-refractivity contribution in [1.82, 2.24) is 29.6 Å². The van der Waals surface area contributed by atoms with Crippen molar-refractivity contribution >= 4 is 11.7 Å². The van der Waals surface area contributed by atoms with Crippen molar-refractivity contribution in [1.29, 1.82) is 0 Å². The van der Waals surface area contributed by atoms with Gasteiger partial charge in [-0.05, 0) is 32.4 Å². The van der Waals surface area contributed by atoms with Crippen molar-refractivity contribution in [2.75, 3.05) is 13.7 Å². The molecule has 196 valence electrons. The number of carbonyl (C=O) groups is 1. The number of nitrogens with one attached hydrogen (secondary N) is 1. The molecule has 0 aliphatic rings. The van der Waals surface area contributed by atoms with Crippen LogP contribution in [0.3, 0.4) is 0 Å². The number of imidazole rings is 1. The predicted octanol–water partition coefficient (Wildman–Crippen LogP) is 5.17. The largest absolute Gasteiger partial charge is 0.478 e. The Balaban J connectivity index is 1.84. The van der Waals surface area contributed by atoms with Gasteiger partial charge in [-0.15, -0.1) is 0 Å². The third kappa shape index (κ3) is 6.34. The van der Waals surface area contributed by atoms with E-state index in [0.29, 0.717) is 22.6 Å². The molecule has 0 saturated heterocycles. The summed E-state index contributed by atoms with van der Waals surface area (Å²) >= 11 is 0. The fourth-order valence-electron chi connectivity index (χ4n) is 3.63. The smallest absolute Gasteiger partial charge is 0.408 e. The van der Waals surface area contributed by atoms with Gasteiger partial charge in [0.15, 0.2) is 5.65 Å². The quantitative estimate of drug-likeness (QED) is 0.416. The fraction of sp³-hybridized carbons (Fsp3) is 0.455. The highest BCUT2D eigenvalue weighted by molar-refractivity contribution is 5.75. The molecule has 1 N–H and O–H groups in total. The molecule has 8 nitrogen and oxygen atoms in total. The van der Waals surface area contributed by atoms with E-state index in [2.05, 4.69) is 15.0 Å². The SMILES string of the molecule is CCN(C(=O)NC(CCC(F)(F)F)C(F)(F)F)[C@H](C)c1cc(-c2cn3ccnc3c(OC)n2)ccn1. The van der Waals surface area contributed by atoms with Crippen LogP contribution in [0.5, 0.6) is 5.88 Å². The van der Waals surface area contributed by atoms with E-state index in [1.54, 1.807) is 47.4 Å². The Labute approximate surface area is 202 Å². The number of ether oxygens (including phenoxy) is 1. The van der Waals surface area contributed by atoms with E-state index < -0.39 is 43.3 Å². The van der Waals surface area contributed by atoms with Crippen molar-refractivity contribution in [3.8, 4) is 17.1 Å². The molecule has 36 heavy (non-hydrogen) atoms. The van der Waals surface area contributed by atoms with Crippen molar-refractivity contribution in [3.63, 3.8) is 0 Å². The number of nitrogens with zero attached hydrogens (tertiary/aromatic N) is 5. The molecule has 2 atom stereocenters. The summed E-state index contributed by atoms with van der Waals surface area (Å²) in [5, 5.41) is 1.70. The lowest BCUT2D eigenvalue weighted by Crippen LogP contribution is -2.51. The molecule has 0 fully saturated rings. The standard InChI is InChI=1S/C22H24F6N6O2/c1-4-34(20(35)32-17(22(26,27)28)5-7-21(23,24)25)13(2)15-11-14(6-8-29-15)16-12-33-10-9-30-18(33)19(31-16)36-3/h6,8-13,17H,4-5,7H2,1-3H3,(H,32,35)/t13-,17?/m1/s1. The van der Waals surface area contributed by atoms with Gasteiger partial charge in [0.2, 0.25) is 0 Å². The highest BCUT2D eigenvalue weighted by Gasteiger charge is 2.43. The monoisotopic (exact) mass is 518 g/mol. The topological polar surface area (TPSA) is 84.7 Å². The van der Waals surface area contributed by atoms with Gasteiger partial charge in [-0.1, -0.05) is 0 Å². The lowest BCUT2D eigenvalue weighted by atomic mass is 10.1. The van der Waals surface area contributed by atoms with Gasteiger partial charge in [0.25, 0.3) is 5.88 Å². The zero-order chi connectivity index (χ0) is 26.7. The summed E-state index contributed by atoms with van der Waals surface area (Å²) in [6, 6.07) is -1.32. The van der Waals surface area contributed by atoms with E-state index in [1.165, 1.54) is 20.2 Å². The molecule has 0 bridgehead atoms. The van der Waals surface area contributed by atoms with Crippen molar-refractivity contribution < 1.29 is 35.9 Å². The first-order valence-corrected chi connectivity index (χ1v) is 10.9. The van der Waals surface area contributed by atoms with E-state index in [0.717, 1.165) is 4.90 Å². The second-order valence-electron chi connectivity index (χ2n) is 7.92. The molecule has 0 saturated carbocycles. The van der Waals surface area contributed by atoms with Gasteiger partial charge in [0.05, 0.1) is 24.5 Å². The molecule has 14 heteroatoms. The van der Waals surface area contributed by atoms with Gasteiger partial charge in [-0.25, -0.2) is 14.8 Å². The number of halogens is 6. The van der Waals surface area contributed by atoms with Crippen LogP contribution in [0.25, 0.3) is 16.9 Å². The van der Waals surface area contributed by atoms with Gasteiger partial charge >= 0.3 is 18.4 Å². The Morgan fingerprint density at radius 3 is 2.53 bits per heavy atom. The van der Waals surface area contributed by atoms with E-state index in [9.17, 15) is 31.1 Å². The first-order valence-electron chi connectivity index (χ1n) is 10.9. The average Bonchev–Trinajstić information content (AvgIpc) is 3.29. The lowest BCUT2D eigenvalue weighted by Gasteiger charge is -2.31. The molecule has 0 aromatic carbocycles. The molecule has 3 rings (SSSR count). The molecule has 0 spiro atoms. The number of amides is 2. The van der Waals surface area contributed by atoms with E-state index >= 15 is 0 Å². The molecular weight excluding hydrogens is 494 g/mol. The zero-order valence-electron chi connectivity index (χ0n) is 19.6. The summed E-state index contributed by atoms with van der Waals surface area (Å²) < 4.78 is 84.4. The van der Waals surface area contributed by atoms with Crippen LogP contribution in [0.4, 0.5) is 31.1 Å². The molecule has 0 radical (unpaired) electrons. The van der Waals surface area contributed by atoms with Crippen LogP contribution in [0, 0.1) is 0 Å². The Kier molecular flexibility index (Phi) is 7.94. The number of methoxy groups -OCH3 is 1. The summed E-state index contributed by atoms with van der Waals surface area (Å²) in [5.41, 5.74) is 1.93. The lowest BCUT2D eigenvalue weighted by molar-refractivity contribution is -0.171. The molecule has 3 heterocycles. The summed E-state index contributed by atoms with van der Waals surface area (Å²) in [4.78, 5) is 26.6. The maximum absolute atomic E-state index is 13.3. The second-order valence-corrected chi connectivity index (χ2v) is 7.92. The number of hydrogen-bond acceptors (Lipinski definition) is 5. The van der Waals surface area contributed by atoms with E-state index in [4.69, 9.17) is 4.74 Å². The van der Waals surface area contributed by atoms with Crippen LogP contribution in [-0.2, 0) is 0 Å². The van der Waals surface area contributed by atoms with Gasteiger partial charge in [0, 0.05) is 43.3 Å². The Morgan fingerprint density at radius 1 is 1.19 bits per heavy atom. The minimum absolute atomic E-state index is 0.0180. The maximum Gasteiger partial charge on any atom is 0.408 e. The van der Waals surface area contributed by atoms with Crippen molar-refractivity contribution in [2.24, 2.45) is 0 Å². The van der Waals surface area contributed by atoms with Crippen LogP contribution in [-0.4, -0.2) is 62.3 Å². The van der Waals surface area contributed by atoms with Crippen LogP contribution in [0.15, 0.2) is 36.9 Å². The second kappa shape index (κ2) is 10.6. The summed E-state index contributed by atoms with van der Waals surface area (Å²) in [6.45, 7) is 3.08. The van der Waals surface area contributed by atoms with Crippen molar-refractivity contribution in [2.45, 2.75) is 51.1 Å². The van der Waals surface area contributed by atoms with Gasteiger partial charge in [0.1, 0.15) is 6.04 Å². The molecule has 1 unspecified atom stereocenters. The number of fused-ring (bicyclic) bond motifs is 1. The Morgan fingerprint density at radius 2 is 1.92 bits per heavy atom. The normalized spacial score (nSPS) is 13.9. The third-order valence-electron chi connectivity index (χ3n) is 5.52. The maximum atomic E-state index is 13.3. The van der Waals surface area contributed by atoms with Crippen molar-refractivity contribution in [3.05, 3.63) is 42.6 Å². The van der Waals surface area contributed by atoms with E-state index in [1.807, 2.05) is 0 Å². The summed E-state index contributed by atoms with van der Waals surface area (Å²) in [7, 11) is 1.45. The van der Waals surface area contributed by atoms with Gasteiger partial charge in [-0.3, -0.25) is 4.98 Å². The highest BCUT2D eigenvalue weighted by Crippen LogP contribution is 2.30. The number of rotatable bonds is 8. The predicted molar refractivity (Wildman–Crippen MR) is 117 cm³/mol. The summed E-state index contributed by atoms with van der Waals surface area (Å²) in [5.74, 6) is 0.274. The number of aromatic nitrogens is 4. The molecule has 0 aliphatic heterocycles. The number of hydrogen-bond donors (Lipinski definition) is 1. The fourth-order valence-corrected chi connectivity index (χ4v) is 3.63. The minimum Gasteiger partial charge on any atom is -0.478 e. The molecule has 3 aromatic heterocycles. The zero-order valence-corrected chi connectivity index (χ0v) is 19.6. The first kappa shape index (κ1) is 27.0. The Bertz CT molecular complexity index is 1200.